The van der Waals surface area contributed by atoms with E-state index in [2.05, 4.69) is 10.0 Å². The van der Waals surface area contributed by atoms with Crippen LogP contribution in [-0.4, -0.2) is 39.8 Å². The van der Waals surface area contributed by atoms with Crippen molar-refractivity contribution in [1.29, 1.82) is 0 Å². The lowest BCUT2D eigenvalue weighted by Crippen LogP contribution is -2.41. The van der Waals surface area contributed by atoms with Crippen LogP contribution in [0.15, 0.2) is 24.3 Å². The lowest BCUT2D eigenvalue weighted by Gasteiger charge is -2.24. The number of sulfonamides is 1. The summed E-state index contributed by atoms with van der Waals surface area (Å²) in [5.41, 5.74) is 0.723. The Morgan fingerprint density at radius 3 is 2.64 bits per heavy atom. The lowest BCUT2D eigenvalue weighted by molar-refractivity contribution is -0.121. The van der Waals surface area contributed by atoms with Gasteiger partial charge in [-0.1, -0.05) is 12.1 Å². The molecule has 22 heavy (non-hydrogen) atoms. The fourth-order valence-electron chi connectivity index (χ4n) is 2.35. The molecule has 1 amide bonds. The van der Waals surface area contributed by atoms with Gasteiger partial charge in [0, 0.05) is 6.61 Å². The van der Waals surface area contributed by atoms with E-state index in [1.165, 1.54) is 12.1 Å². The molecule has 0 bridgehead atoms. The van der Waals surface area contributed by atoms with Gasteiger partial charge in [-0.3, -0.25) is 4.79 Å². The van der Waals surface area contributed by atoms with Crippen molar-refractivity contribution in [1.82, 2.24) is 10.0 Å². The molecule has 2 atom stereocenters. The Morgan fingerprint density at radius 2 is 2.09 bits per heavy atom. The number of hydrogen-bond acceptors (Lipinski definition) is 4. The highest BCUT2D eigenvalue weighted by Crippen LogP contribution is 2.27. The van der Waals surface area contributed by atoms with Gasteiger partial charge in [0.2, 0.25) is 15.9 Å². The summed E-state index contributed by atoms with van der Waals surface area (Å²) >= 11 is 0. The topological polar surface area (TPSA) is 84.5 Å². The van der Waals surface area contributed by atoms with Crippen molar-refractivity contribution < 1.29 is 22.3 Å². The second-order valence-electron chi connectivity index (χ2n) is 5.24. The molecular formula is C14H19FN2O4S. The van der Waals surface area contributed by atoms with Crippen molar-refractivity contribution in [2.24, 2.45) is 0 Å². The number of ether oxygens (including phenoxy) is 1. The van der Waals surface area contributed by atoms with Crippen LogP contribution in [-0.2, 0) is 19.6 Å². The molecule has 122 valence electrons. The van der Waals surface area contributed by atoms with Crippen LogP contribution in [0, 0.1) is 5.82 Å². The molecule has 1 aliphatic heterocycles. The molecule has 0 aromatic heterocycles. The Hall–Kier alpha value is -1.51. The molecule has 1 aliphatic rings. The third-order valence-corrected chi connectivity index (χ3v) is 4.05. The number of rotatable bonds is 6. The Balaban J connectivity index is 2.07. The first kappa shape index (κ1) is 16.9. The summed E-state index contributed by atoms with van der Waals surface area (Å²) in [7, 11) is -3.44. The van der Waals surface area contributed by atoms with Crippen LogP contribution in [0.2, 0.25) is 0 Å². The Labute approximate surface area is 129 Å². The molecule has 2 rings (SSSR count). The maximum atomic E-state index is 13.0. The molecular weight excluding hydrogens is 311 g/mol. The van der Waals surface area contributed by atoms with E-state index in [-0.39, 0.29) is 18.5 Å². The van der Waals surface area contributed by atoms with Crippen molar-refractivity contribution in [2.75, 3.05) is 19.4 Å². The van der Waals surface area contributed by atoms with E-state index in [4.69, 9.17) is 4.74 Å². The molecule has 1 fully saturated rings. The maximum Gasteiger partial charge on any atom is 0.235 e. The smallest absolute Gasteiger partial charge is 0.235 e. The van der Waals surface area contributed by atoms with Gasteiger partial charge in [0.05, 0.1) is 24.9 Å². The SMILES string of the molecule is CS(=O)(=O)NCC(=O)NC(c1ccc(F)cc1)C1CCCO1. The fraction of sp³-hybridized carbons (Fsp3) is 0.500. The van der Waals surface area contributed by atoms with Crippen molar-refractivity contribution in [3.05, 3.63) is 35.6 Å². The van der Waals surface area contributed by atoms with Gasteiger partial charge in [-0.2, -0.15) is 0 Å². The number of halogens is 1. The molecule has 1 saturated heterocycles. The number of carbonyl (C=O) groups excluding carboxylic acids is 1. The van der Waals surface area contributed by atoms with E-state index in [0.29, 0.717) is 6.61 Å². The summed E-state index contributed by atoms with van der Waals surface area (Å²) in [5.74, 6) is -0.824. The van der Waals surface area contributed by atoms with E-state index >= 15 is 0 Å². The number of carbonyl (C=O) groups is 1. The second-order valence-corrected chi connectivity index (χ2v) is 7.07. The minimum Gasteiger partial charge on any atom is -0.376 e. The molecule has 1 aromatic rings. The molecule has 6 nitrogen and oxygen atoms in total. The van der Waals surface area contributed by atoms with Gasteiger partial charge in [-0.05, 0) is 30.5 Å². The highest BCUT2D eigenvalue weighted by atomic mass is 32.2. The number of hydrogen-bond donors (Lipinski definition) is 2. The van der Waals surface area contributed by atoms with Gasteiger partial charge in [-0.15, -0.1) is 0 Å². The van der Waals surface area contributed by atoms with Crippen LogP contribution < -0.4 is 10.0 Å². The Bertz CT molecular complexity index is 612. The van der Waals surface area contributed by atoms with Gasteiger partial charge < -0.3 is 10.1 Å². The third kappa shape index (κ3) is 5.04. The van der Waals surface area contributed by atoms with Crippen LogP contribution in [0.4, 0.5) is 4.39 Å². The monoisotopic (exact) mass is 330 g/mol. The number of nitrogens with one attached hydrogen (secondary N) is 2. The van der Waals surface area contributed by atoms with Crippen LogP contribution in [0.25, 0.3) is 0 Å². The first-order valence-corrected chi connectivity index (χ1v) is 8.85. The van der Waals surface area contributed by atoms with Gasteiger partial charge in [-0.25, -0.2) is 17.5 Å². The van der Waals surface area contributed by atoms with E-state index in [1.54, 1.807) is 12.1 Å². The summed E-state index contributed by atoms with van der Waals surface area (Å²) in [5, 5.41) is 2.75. The molecule has 0 aliphatic carbocycles. The van der Waals surface area contributed by atoms with Crippen LogP contribution in [0.3, 0.4) is 0 Å². The standard InChI is InChI=1S/C14H19FN2O4S/c1-22(19,20)16-9-13(18)17-14(12-3-2-8-21-12)10-4-6-11(15)7-5-10/h4-7,12,14,16H,2-3,8-9H2,1H3,(H,17,18). The first-order chi connectivity index (χ1) is 10.3. The first-order valence-electron chi connectivity index (χ1n) is 6.96. The van der Waals surface area contributed by atoms with Gasteiger partial charge in [0.15, 0.2) is 0 Å². The Kier molecular flexibility index (Phi) is 5.49. The third-order valence-electron chi connectivity index (χ3n) is 3.38. The van der Waals surface area contributed by atoms with Crippen molar-refractivity contribution >= 4 is 15.9 Å². The Morgan fingerprint density at radius 1 is 1.41 bits per heavy atom. The highest BCUT2D eigenvalue weighted by molar-refractivity contribution is 7.88. The predicted octanol–water partition coefficient (Wildman–Crippen LogP) is 0.711. The molecule has 1 aromatic carbocycles. The second kappa shape index (κ2) is 7.17. The number of amides is 1. The average molecular weight is 330 g/mol. The van der Waals surface area contributed by atoms with Gasteiger partial charge in [0.1, 0.15) is 5.82 Å². The summed E-state index contributed by atoms with van der Waals surface area (Å²) in [6.07, 6.45) is 2.45. The van der Waals surface area contributed by atoms with Crippen molar-refractivity contribution in [3.8, 4) is 0 Å². The molecule has 2 N–H and O–H groups in total. The van der Waals surface area contributed by atoms with Crippen molar-refractivity contribution in [3.63, 3.8) is 0 Å². The summed E-state index contributed by atoms with van der Waals surface area (Å²) in [6, 6.07) is 5.38. The van der Waals surface area contributed by atoms with E-state index in [1.807, 2.05) is 0 Å². The molecule has 2 unspecified atom stereocenters. The van der Waals surface area contributed by atoms with Crippen LogP contribution in [0.1, 0.15) is 24.4 Å². The molecule has 1 heterocycles. The quantitative estimate of drug-likeness (QED) is 0.805. The summed E-state index contributed by atoms with van der Waals surface area (Å²) in [6.45, 7) is 0.267. The predicted molar refractivity (Wildman–Crippen MR) is 79.1 cm³/mol. The van der Waals surface area contributed by atoms with Crippen LogP contribution in [0.5, 0.6) is 0 Å². The molecule has 0 radical (unpaired) electrons. The zero-order valence-corrected chi connectivity index (χ0v) is 13.0. The zero-order chi connectivity index (χ0) is 16.2. The van der Waals surface area contributed by atoms with E-state index < -0.39 is 22.0 Å². The van der Waals surface area contributed by atoms with E-state index in [9.17, 15) is 17.6 Å². The van der Waals surface area contributed by atoms with Gasteiger partial charge in [0.25, 0.3) is 0 Å². The zero-order valence-electron chi connectivity index (χ0n) is 12.2. The fourth-order valence-corrected chi connectivity index (χ4v) is 2.74. The average Bonchev–Trinajstić information content (AvgIpc) is 2.97. The summed E-state index contributed by atoms with van der Waals surface area (Å²) < 4.78 is 42.8. The molecule has 0 spiro atoms. The minimum atomic E-state index is -3.44. The lowest BCUT2D eigenvalue weighted by atomic mass is 9.99. The highest BCUT2D eigenvalue weighted by Gasteiger charge is 2.28. The molecule has 0 saturated carbocycles. The van der Waals surface area contributed by atoms with Crippen LogP contribution >= 0.6 is 0 Å². The largest absolute Gasteiger partial charge is 0.376 e. The minimum absolute atomic E-state index is 0.201. The maximum absolute atomic E-state index is 13.0. The van der Waals surface area contributed by atoms with E-state index in [0.717, 1.165) is 24.7 Å². The van der Waals surface area contributed by atoms with Crippen molar-refractivity contribution in [2.45, 2.75) is 25.0 Å². The number of benzene rings is 1. The molecule has 8 heteroatoms. The summed E-state index contributed by atoms with van der Waals surface area (Å²) in [4.78, 5) is 11.9. The normalized spacial score (nSPS) is 19.8. The van der Waals surface area contributed by atoms with Gasteiger partial charge >= 0.3 is 0 Å².